The van der Waals surface area contributed by atoms with Crippen molar-refractivity contribution in [1.82, 2.24) is 4.98 Å². The fourth-order valence-corrected chi connectivity index (χ4v) is 2.93. The summed E-state index contributed by atoms with van der Waals surface area (Å²) >= 11 is 0. The van der Waals surface area contributed by atoms with Gasteiger partial charge in [-0.2, -0.15) is 5.10 Å². The molecule has 4 N–H and O–H groups in total. The number of amides is 2. The molecule has 0 aliphatic carbocycles. The van der Waals surface area contributed by atoms with Crippen molar-refractivity contribution in [3.63, 3.8) is 0 Å². The van der Waals surface area contributed by atoms with E-state index >= 15 is 0 Å². The van der Waals surface area contributed by atoms with E-state index in [-0.39, 0.29) is 12.1 Å². The third-order valence-electron chi connectivity index (χ3n) is 4.27. The number of fused-ring (bicyclic) bond motifs is 1. The van der Waals surface area contributed by atoms with E-state index in [2.05, 4.69) is 15.4 Å². The van der Waals surface area contributed by atoms with Crippen LogP contribution in [0.15, 0.2) is 56.8 Å². The molecular weight excluding hydrogens is 369 g/mol. The van der Waals surface area contributed by atoms with E-state index in [0.29, 0.717) is 22.5 Å². The average Bonchev–Trinajstić information content (AvgIpc) is 3.25. The number of nitrogens with zero attached hydrogens (tertiary/aromatic N) is 2. The van der Waals surface area contributed by atoms with Crippen LogP contribution in [0.25, 0.3) is 11.1 Å². The van der Waals surface area contributed by atoms with Crippen molar-refractivity contribution in [3.05, 3.63) is 58.8 Å². The van der Waals surface area contributed by atoms with Gasteiger partial charge in [0.15, 0.2) is 5.58 Å². The second kappa shape index (κ2) is 6.65. The van der Waals surface area contributed by atoms with E-state index < -0.39 is 29.4 Å². The molecule has 1 atom stereocenters. The lowest BCUT2D eigenvalue weighted by atomic mass is 10.1. The van der Waals surface area contributed by atoms with Gasteiger partial charge in [-0.15, -0.1) is 0 Å². The number of aromatic nitrogens is 1. The van der Waals surface area contributed by atoms with Gasteiger partial charge in [-0.1, -0.05) is 0 Å². The molecular formula is C18H14FN5O4. The maximum atomic E-state index is 13.2. The van der Waals surface area contributed by atoms with E-state index in [9.17, 15) is 18.8 Å². The first-order valence-electron chi connectivity index (χ1n) is 8.26. The predicted octanol–water partition coefficient (Wildman–Crippen LogP) is 1.32. The number of anilines is 2. The zero-order valence-electron chi connectivity index (χ0n) is 14.3. The molecule has 10 heteroatoms. The lowest BCUT2D eigenvalue weighted by molar-refractivity contribution is -0.119. The average molecular weight is 383 g/mol. The van der Waals surface area contributed by atoms with Gasteiger partial charge >= 0.3 is 5.76 Å². The van der Waals surface area contributed by atoms with Crippen molar-refractivity contribution in [2.24, 2.45) is 10.8 Å². The number of hydrogen-bond acceptors (Lipinski definition) is 6. The molecule has 0 spiro atoms. The van der Waals surface area contributed by atoms with Crippen molar-refractivity contribution in [1.29, 1.82) is 0 Å². The van der Waals surface area contributed by atoms with E-state index in [1.807, 2.05) is 0 Å². The van der Waals surface area contributed by atoms with Crippen LogP contribution in [0, 0.1) is 5.82 Å². The third kappa shape index (κ3) is 3.22. The maximum absolute atomic E-state index is 13.2. The first kappa shape index (κ1) is 17.5. The van der Waals surface area contributed by atoms with Gasteiger partial charge in [0.2, 0.25) is 5.91 Å². The Hall–Kier alpha value is -3.95. The van der Waals surface area contributed by atoms with Crippen LogP contribution in [0.2, 0.25) is 0 Å². The highest BCUT2D eigenvalue weighted by molar-refractivity contribution is 6.44. The molecule has 1 unspecified atom stereocenters. The Kier molecular flexibility index (Phi) is 4.15. The molecule has 9 nitrogen and oxygen atoms in total. The summed E-state index contributed by atoms with van der Waals surface area (Å²) in [5, 5.41) is 8.14. The zero-order chi connectivity index (χ0) is 19.8. The molecule has 0 saturated heterocycles. The minimum Gasteiger partial charge on any atom is -0.408 e. The summed E-state index contributed by atoms with van der Waals surface area (Å²) in [5.41, 5.74) is 7.16. The number of nitrogens with two attached hydrogens (primary N) is 1. The molecule has 142 valence electrons. The predicted molar refractivity (Wildman–Crippen MR) is 99.4 cm³/mol. The fourth-order valence-electron chi connectivity index (χ4n) is 2.93. The first-order chi connectivity index (χ1) is 13.4. The number of primary amides is 1. The van der Waals surface area contributed by atoms with Crippen LogP contribution < -0.4 is 21.8 Å². The number of rotatable bonds is 4. The molecule has 2 amide bonds. The Morgan fingerprint density at radius 2 is 2.00 bits per heavy atom. The summed E-state index contributed by atoms with van der Waals surface area (Å²) < 4.78 is 18.1. The topological polar surface area (TPSA) is 134 Å². The second-order valence-electron chi connectivity index (χ2n) is 6.17. The van der Waals surface area contributed by atoms with Gasteiger partial charge in [0.1, 0.15) is 17.6 Å². The van der Waals surface area contributed by atoms with E-state index in [1.54, 1.807) is 6.07 Å². The van der Waals surface area contributed by atoms with Crippen molar-refractivity contribution in [2.75, 3.05) is 10.3 Å². The van der Waals surface area contributed by atoms with Crippen LogP contribution in [-0.4, -0.2) is 28.6 Å². The van der Waals surface area contributed by atoms with E-state index in [4.69, 9.17) is 10.2 Å². The summed E-state index contributed by atoms with van der Waals surface area (Å²) in [5.74, 6) is -2.22. The zero-order valence-corrected chi connectivity index (χ0v) is 14.3. The number of halogens is 1. The lowest BCUT2D eigenvalue weighted by Crippen LogP contribution is -2.39. The quantitative estimate of drug-likeness (QED) is 0.625. The number of benzene rings is 2. The number of hydrogen-bond donors (Lipinski definition) is 3. The number of H-pyrrole nitrogens is 1. The molecule has 0 bridgehead atoms. The van der Waals surface area contributed by atoms with E-state index in [1.165, 1.54) is 41.4 Å². The fraction of sp³-hybridized carbons (Fsp3) is 0.111. The summed E-state index contributed by atoms with van der Waals surface area (Å²) in [6, 6.07) is 9.11. The van der Waals surface area contributed by atoms with Crippen LogP contribution in [0.4, 0.5) is 15.8 Å². The number of nitrogens with one attached hydrogen (secondary N) is 2. The molecule has 3 aromatic rings. The smallest absolute Gasteiger partial charge is 0.408 e. The molecule has 1 aliphatic rings. The minimum atomic E-state index is -0.862. The highest BCUT2D eigenvalue weighted by atomic mass is 19.1. The molecule has 0 fully saturated rings. The SMILES string of the molecule is NC(=O)C1CC(C(=O)Nc2ccc3oc(=O)[nH]c3c2)=NN1c1ccc(F)cc1. The number of oxazole rings is 1. The largest absolute Gasteiger partial charge is 0.417 e. The number of hydrazone groups is 1. The molecule has 28 heavy (non-hydrogen) atoms. The van der Waals surface area contributed by atoms with E-state index in [0.717, 1.165) is 0 Å². The van der Waals surface area contributed by atoms with Gasteiger partial charge in [-0.05, 0) is 42.5 Å². The van der Waals surface area contributed by atoms with Crippen LogP contribution in [-0.2, 0) is 9.59 Å². The Morgan fingerprint density at radius 1 is 1.25 bits per heavy atom. The molecule has 0 radical (unpaired) electrons. The minimum absolute atomic E-state index is 0.00330. The summed E-state index contributed by atoms with van der Waals surface area (Å²) in [6.07, 6.45) is 0.00330. The van der Waals surface area contributed by atoms with Crippen molar-refractivity contribution in [2.45, 2.75) is 12.5 Å². The highest BCUT2D eigenvalue weighted by Crippen LogP contribution is 2.25. The van der Waals surface area contributed by atoms with Gasteiger partial charge in [0.25, 0.3) is 5.91 Å². The normalized spacial score (nSPS) is 16.2. The Balaban J connectivity index is 1.58. The van der Waals surface area contributed by atoms with Crippen molar-refractivity contribution >= 4 is 40.0 Å². The Bertz CT molecular complexity index is 1160. The number of aromatic amines is 1. The number of carbonyl (C=O) groups is 2. The number of carbonyl (C=O) groups excluding carboxylic acids is 2. The van der Waals surface area contributed by atoms with Crippen LogP contribution in [0.5, 0.6) is 0 Å². The van der Waals surface area contributed by atoms with Crippen LogP contribution >= 0.6 is 0 Å². The monoisotopic (exact) mass is 383 g/mol. The van der Waals surface area contributed by atoms with Crippen molar-refractivity contribution in [3.8, 4) is 0 Å². The molecule has 1 aromatic heterocycles. The summed E-state index contributed by atoms with van der Waals surface area (Å²) in [6.45, 7) is 0. The summed E-state index contributed by atoms with van der Waals surface area (Å²) in [7, 11) is 0. The molecule has 2 heterocycles. The Labute approximate surface area is 156 Å². The highest BCUT2D eigenvalue weighted by Gasteiger charge is 2.35. The molecule has 2 aromatic carbocycles. The van der Waals surface area contributed by atoms with Gasteiger partial charge in [-0.3, -0.25) is 19.6 Å². The van der Waals surface area contributed by atoms with Gasteiger partial charge in [-0.25, -0.2) is 9.18 Å². The van der Waals surface area contributed by atoms with Crippen molar-refractivity contribution < 1.29 is 18.4 Å². The maximum Gasteiger partial charge on any atom is 0.417 e. The van der Waals surface area contributed by atoms with Gasteiger partial charge < -0.3 is 15.5 Å². The summed E-state index contributed by atoms with van der Waals surface area (Å²) in [4.78, 5) is 38.1. The molecule has 0 saturated carbocycles. The molecule has 4 rings (SSSR count). The Morgan fingerprint density at radius 3 is 2.71 bits per heavy atom. The van der Waals surface area contributed by atoms with Gasteiger partial charge in [0, 0.05) is 12.1 Å². The lowest BCUT2D eigenvalue weighted by Gasteiger charge is -2.20. The van der Waals surface area contributed by atoms with Crippen LogP contribution in [0.1, 0.15) is 6.42 Å². The molecule has 1 aliphatic heterocycles. The van der Waals surface area contributed by atoms with Crippen LogP contribution in [0.3, 0.4) is 0 Å². The third-order valence-corrected chi connectivity index (χ3v) is 4.27. The van der Waals surface area contributed by atoms with Gasteiger partial charge in [0.05, 0.1) is 11.2 Å². The standard InChI is InChI=1S/C18H14FN5O4/c19-9-1-4-11(5-2-9)24-14(16(20)25)8-13(23-24)17(26)21-10-3-6-15-12(7-10)22-18(27)28-15/h1-7,14H,8H2,(H2,20,25)(H,21,26)(H,22,27). The first-order valence-corrected chi connectivity index (χ1v) is 8.26. The second-order valence-corrected chi connectivity index (χ2v) is 6.17.